The Bertz CT molecular complexity index is 1950. The summed E-state index contributed by atoms with van der Waals surface area (Å²) in [7, 11) is 0. The molecular weight excluding hydrogens is 486 g/mol. The zero-order valence-corrected chi connectivity index (χ0v) is 22.0. The number of allylic oxidation sites excluding steroid dienone is 2. The highest BCUT2D eigenvalue weighted by Crippen LogP contribution is 2.41. The minimum atomic E-state index is -0.152. The number of rotatable bonds is 4. The molecule has 2 aromatic heterocycles. The summed E-state index contributed by atoms with van der Waals surface area (Å²) in [5.41, 5.74) is 9.29. The van der Waals surface area contributed by atoms with Crippen molar-refractivity contribution in [2.75, 3.05) is 0 Å². The SMILES string of the molecule is C=CCn1c(C)c(/C=c2/sc3n(c2=O)[C@@H](c2ccccc2)C2=C(N=3)c3ccccc3CC2)c2ccccc21. The first-order valence-electron chi connectivity index (χ1n) is 13.0. The summed E-state index contributed by atoms with van der Waals surface area (Å²) in [6.07, 6.45) is 5.84. The summed E-state index contributed by atoms with van der Waals surface area (Å²) >= 11 is 1.49. The van der Waals surface area contributed by atoms with Gasteiger partial charge in [-0.2, -0.15) is 0 Å². The van der Waals surface area contributed by atoms with Crippen LogP contribution in [0.5, 0.6) is 0 Å². The van der Waals surface area contributed by atoms with Crippen LogP contribution in [0.1, 0.15) is 40.4 Å². The van der Waals surface area contributed by atoms with Crippen LogP contribution < -0.4 is 14.9 Å². The number of fused-ring (bicyclic) bond motifs is 4. The van der Waals surface area contributed by atoms with Gasteiger partial charge in [-0.25, -0.2) is 4.99 Å². The van der Waals surface area contributed by atoms with E-state index in [1.807, 2.05) is 16.7 Å². The first-order chi connectivity index (χ1) is 18.7. The van der Waals surface area contributed by atoms with Crippen molar-refractivity contribution in [2.45, 2.75) is 32.4 Å². The van der Waals surface area contributed by atoms with E-state index in [0.29, 0.717) is 4.53 Å². The summed E-state index contributed by atoms with van der Waals surface area (Å²) < 4.78 is 4.90. The molecular formula is C33H27N3OS. The normalized spacial score (nSPS) is 16.7. The monoisotopic (exact) mass is 513 g/mol. The standard InChI is InChI=1S/C33H27N3OS/c1-3-19-35-21(2)27(25-15-9-10-16-28(25)35)20-29-32(37)36-31(23-12-5-4-6-13-23)26-18-17-22-11-7-8-14-24(22)30(26)34-33(36)38-29/h3-16,20,31H,1,17-19H2,2H3/b29-20+/t31-/m0/s1. The lowest BCUT2D eigenvalue weighted by Gasteiger charge is -2.30. The molecule has 4 nitrogen and oxygen atoms in total. The molecule has 0 amide bonds. The van der Waals surface area contributed by atoms with Crippen molar-refractivity contribution in [3.8, 4) is 0 Å². The van der Waals surface area contributed by atoms with Crippen molar-refractivity contribution >= 4 is 34.0 Å². The number of thiazole rings is 1. The Morgan fingerprint density at radius 2 is 1.76 bits per heavy atom. The first kappa shape index (κ1) is 22.9. The van der Waals surface area contributed by atoms with E-state index in [2.05, 4.69) is 96.9 Å². The Balaban J connectivity index is 1.50. The molecule has 0 N–H and O–H groups in total. The van der Waals surface area contributed by atoms with E-state index in [1.165, 1.54) is 28.0 Å². The fraction of sp³-hybridized carbons (Fsp3) is 0.152. The molecule has 7 rings (SSSR count). The number of para-hydroxylation sites is 1. The molecule has 5 aromatic rings. The Labute approximate surface area is 224 Å². The Kier molecular flexibility index (Phi) is 5.41. The zero-order valence-electron chi connectivity index (χ0n) is 21.2. The van der Waals surface area contributed by atoms with Crippen LogP contribution in [0, 0.1) is 6.92 Å². The molecule has 38 heavy (non-hydrogen) atoms. The summed E-state index contributed by atoms with van der Waals surface area (Å²) in [4.78, 5) is 20.0. The van der Waals surface area contributed by atoms with Gasteiger partial charge in [0, 0.05) is 34.3 Å². The molecule has 0 spiro atoms. The van der Waals surface area contributed by atoms with Gasteiger partial charge in [0.2, 0.25) is 0 Å². The first-order valence-corrected chi connectivity index (χ1v) is 13.8. The van der Waals surface area contributed by atoms with Crippen LogP contribution in [-0.4, -0.2) is 9.13 Å². The molecule has 1 aliphatic heterocycles. The topological polar surface area (TPSA) is 39.3 Å². The molecule has 0 unspecified atom stereocenters. The third-order valence-electron chi connectivity index (χ3n) is 7.86. The van der Waals surface area contributed by atoms with Gasteiger partial charge in [0.05, 0.1) is 16.3 Å². The van der Waals surface area contributed by atoms with Gasteiger partial charge in [-0.05, 0) is 48.6 Å². The van der Waals surface area contributed by atoms with Crippen molar-refractivity contribution in [1.82, 2.24) is 9.13 Å². The molecule has 0 saturated heterocycles. The third kappa shape index (κ3) is 3.42. The molecule has 0 radical (unpaired) electrons. The molecule has 3 heterocycles. The van der Waals surface area contributed by atoms with Crippen LogP contribution in [0.3, 0.4) is 0 Å². The van der Waals surface area contributed by atoms with Gasteiger partial charge in [-0.1, -0.05) is 90.2 Å². The Hall–Kier alpha value is -4.22. The maximum Gasteiger partial charge on any atom is 0.271 e. The second kappa shape index (κ2) is 8.96. The average Bonchev–Trinajstić information content (AvgIpc) is 3.41. The Morgan fingerprint density at radius 1 is 1.00 bits per heavy atom. The number of nitrogens with zero attached hydrogens (tertiary/aromatic N) is 3. The summed E-state index contributed by atoms with van der Waals surface area (Å²) in [6.45, 7) is 6.79. The van der Waals surface area contributed by atoms with Crippen LogP contribution in [0.15, 0.2) is 107 Å². The van der Waals surface area contributed by atoms with Crippen LogP contribution in [-0.2, 0) is 13.0 Å². The van der Waals surface area contributed by atoms with Crippen molar-refractivity contribution in [1.29, 1.82) is 0 Å². The fourth-order valence-corrected chi connectivity index (χ4v) is 7.08. The second-order valence-corrected chi connectivity index (χ2v) is 10.9. The van der Waals surface area contributed by atoms with E-state index >= 15 is 0 Å². The molecule has 1 aliphatic carbocycles. The number of hydrogen-bond acceptors (Lipinski definition) is 3. The molecule has 0 bridgehead atoms. The van der Waals surface area contributed by atoms with Gasteiger partial charge < -0.3 is 4.57 Å². The maximum atomic E-state index is 14.1. The van der Waals surface area contributed by atoms with E-state index in [-0.39, 0.29) is 11.6 Å². The minimum absolute atomic E-state index is 0.0213. The fourth-order valence-electron chi connectivity index (χ4n) is 6.09. The predicted octanol–water partition coefficient (Wildman–Crippen LogP) is 5.77. The molecule has 3 aromatic carbocycles. The van der Waals surface area contributed by atoms with E-state index in [1.54, 1.807) is 0 Å². The van der Waals surface area contributed by atoms with Gasteiger partial charge in [-0.15, -0.1) is 6.58 Å². The van der Waals surface area contributed by atoms with Crippen LogP contribution in [0.2, 0.25) is 0 Å². The maximum absolute atomic E-state index is 14.1. The van der Waals surface area contributed by atoms with Gasteiger partial charge in [-0.3, -0.25) is 9.36 Å². The summed E-state index contributed by atoms with van der Waals surface area (Å²) in [6, 6.07) is 27.2. The molecule has 2 aliphatic rings. The predicted molar refractivity (Wildman–Crippen MR) is 156 cm³/mol. The highest BCUT2D eigenvalue weighted by Gasteiger charge is 2.32. The van der Waals surface area contributed by atoms with E-state index < -0.39 is 0 Å². The van der Waals surface area contributed by atoms with Crippen LogP contribution in [0.25, 0.3) is 22.7 Å². The average molecular weight is 514 g/mol. The van der Waals surface area contributed by atoms with Crippen molar-refractivity contribution in [3.63, 3.8) is 0 Å². The van der Waals surface area contributed by atoms with Crippen molar-refractivity contribution in [2.24, 2.45) is 4.99 Å². The highest BCUT2D eigenvalue weighted by molar-refractivity contribution is 7.07. The highest BCUT2D eigenvalue weighted by atomic mass is 32.1. The van der Waals surface area contributed by atoms with E-state index in [0.717, 1.165) is 57.6 Å². The van der Waals surface area contributed by atoms with Crippen molar-refractivity contribution in [3.05, 3.63) is 145 Å². The number of aromatic nitrogens is 2. The van der Waals surface area contributed by atoms with Gasteiger partial charge >= 0.3 is 0 Å². The lowest BCUT2D eigenvalue weighted by Crippen LogP contribution is -2.38. The van der Waals surface area contributed by atoms with Gasteiger partial charge in [0.25, 0.3) is 5.56 Å². The minimum Gasteiger partial charge on any atom is -0.340 e. The summed E-state index contributed by atoms with van der Waals surface area (Å²) in [5, 5.41) is 1.14. The van der Waals surface area contributed by atoms with Gasteiger partial charge in [0.1, 0.15) is 0 Å². The van der Waals surface area contributed by atoms with Crippen LogP contribution >= 0.6 is 11.3 Å². The number of aryl methyl sites for hydroxylation is 1. The largest absolute Gasteiger partial charge is 0.340 e. The second-order valence-electron chi connectivity index (χ2n) is 9.94. The summed E-state index contributed by atoms with van der Waals surface area (Å²) in [5.74, 6) is 0. The molecule has 0 fully saturated rings. The lowest BCUT2D eigenvalue weighted by molar-refractivity contribution is 0.585. The van der Waals surface area contributed by atoms with E-state index in [4.69, 9.17) is 4.99 Å². The van der Waals surface area contributed by atoms with Crippen LogP contribution in [0.4, 0.5) is 0 Å². The number of hydrogen-bond donors (Lipinski definition) is 0. The van der Waals surface area contributed by atoms with E-state index in [9.17, 15) is 4.79 Å². The molecule has 0 saturated carbocycles. The third-order valence-corrected chi connectivity index (χ3v) is 8.84. The quantitative estimate of drug-likeness (QED) is 0.281. The number of benzene rings is 3. The van der Waals surface area contributed by atoms with Gasteiger partial charge in [0.15, 0.2) is 4.80 Å². The van der Waals surface area contributed by atoms with Crippen molar-refractivity contribution < 1.29 is 0 Å². The Morgan fingerprint density at radius 3 is 2.61 bits per heavy atom. The lowest BCUT2D eigenvalue weighted by atomic mass is 9.83. The smallest absolute Gasteiger partial charge is 0.271 e. The molecule has 5 heteroatoms. The zero-order chi connectivity index (χ0) is 25.8. The molecule has 1 atom stereocenters. The molecule has 186 valence electrons.